The van der Waals surface area contributed by atoms with E-state index in [0.29, 0.717) is 24.2 Å². The molecular weight excluding hydrogens is 362 g/mol. The van der Waals surface area contributed by atoms with Gasteiger partial charge in [0.15, 0.2) is 0 Å². The fraction of sp³-hybridized carbons (Fsp3) is 0.125. The average molecular weight is 383 g/mol. The molecule has 0 fully saturated rings. The van der Waals surface area contributed by atoms with Gasteiger partial charge in [0, 0.05) is 25.7 Å². The van der Waals surface area contributed by atoms with Crippen LogP contribution in [0.5, 0.6) is 0 Å². The second-order valence-electron chi connectivity index (χ2n) is 6.66. The predicted molar refractivity (Wildman–Crippen MR) is 111 cm³/mol. The molecule has 5 heteroatoms. The Morgan fingerprint density at radius 2 is 1.28 bits per heavy atom. The van der Waals surface area contributed by atoms with Crippen molar-refractivity contribution < 1.29 is 9.59 Å². The van der Waals surface area contributed by atoms with Crippen molar-refractivity contribution in [2.45, 2.75) is 13.1 Å². The third kappa shape index (κ3) is 5.08. The first-order valence-electron chi connectivity index (χ1n) is 9.23. The van der Waals surface area contributed by atoms with Crippen molar-refractivity contribution in [3.05, 3.63) is 107 Å². The zero-order valence-corrected chi connectivity index (χ0v) is 16.2. The minimum atomic E-state index is -0.411. The number of rotatable bonds is 5. The third-order valence-electron chi connectivity index (χ3n) is 4.56. The van der Waals surface area contributed by atoms with E-state index in [2.05, 4.69) is 0 Å². The lowest BCUT2D eigenvalue weighted by atomic mass is 10.1. The van der Waals surface area contributed by atoms with Gasteiger partial charge in [-0.1, -0.05) is 60.7 Å². The Morgan fingerprint density at radius 1 is 0.793 bits per heavy atom. The summed E-state index contributed by atoms with van der Waals surface area (Å²) in [6, 6.07) is 27.2. The number of imide groups is 1. The standard InChI is InChI=1S/C24H21N3O2/c1-26(23(28)22-14-12-19(16-25)13-15-22)24(29)27(17-20-8-4-2-5-9-20)18-21-10-6-3-7-11-21/h2-15H,17-18H2,1H3. The van der Waals surface area contributed by atoms with Crippen molar-refractivity contribution in [1.82, 2.24) is 9.80 Å². The summed E-state index contributed by atoms with van der Waals surface area (Å²) in [5, 5.41) is 8.91. The number of nitrogens with zero attached hydrogens (tertiary/aromatic N) is 3. The van der Waals surface area contributed by atoms with E-state index < -0.39 is 5.91 Å². The molecule has 5 nitrogen and oxygen atoms in total. The predicted octanol–water partition coefficient (Wildman–Crippen LogP) is 4.45. The fourth-order valence-corrected chi connectivity index (χ4v) is 2.98. The Labute approximate surface area is 170 Å². The van der Waals surface area contributed by atoms with Crippen molar-refractivity contribution >= 4 is 11.9 Å². The molecule has 0 aliphatic rings. The zero-order chi connectivity index (χ0) is 20.6. The number of hydrogen-bond acceptors (Lipinski definition) is 3. The van der Waals surface area contributed by atoms with Crippen LogP contribution in [-0.2, 0) is 13.1 Å². The summed E-state index contributed by atoms with van der Waals surface area (Å²) >= 11 is 0. The highest BCUT2D eigenvalue weighted by Gasteiger charge is 2.24. The molecule has 0 saturated carbocycles. The Hall–Kier alpha value is -3.91. The second kappa shape index (κ2) is 9.34. The summed E-state index contributed by atoms with van der Waals surface area (Å²) in [5.74, 6) is -0.411. The molecule has 0 unspecified atom stereocenters. The van der Waals surface area contributed by atoms with Gasteiger partial charge in [-0.25, -0.2) is 4.79 Å². The Bertz CT molecular complexity index is 968. The number of benzene rings is 3. The van der Waals surface area contributed by atoms with Gasteiger partial charge in [-0.3, -0.25) is 9.69 Å². The van der Waals surface area contributed by atoms with Crippen molar-refractivity contribution in [2.75, 3.05) is 7.05 Å². The molecule has 29 heavy (non-hydrogen) atoms. The first-order valence-corrected chi connectivity index (χ1v) is 9.23. The van der Waals surface area contributed by atoms with Crippen LogP contribution >= 0.6 is 0 Å². The molecule has 3 amide bonds. The third-order valence-corrected chi connectivity index (χ3v) is 4.56. The van der Waals surface area contributed by atoms with Gasteiger partial charge in [0.2, 0.25) is 0 Å². The molecule has 0 aliphatic carbocycles. The van der Waals surface area contributed by atoms with E-state index in [1.54, 1.807) is 29.2 Å². The van der Waals surface area contributed by atoms with E-state index in [9.17, 15) is 9.59 Å². The van der Waals surface area contributed by atoms with Gasteiger partial charge < -0.3 is 4.90 Å². The smallest absolute Gasteiger partial charge is 0.316 e. The molecule has 0 aliphatic heterocycles. The van der Waals surface area contributed by atoms with Crippen LogP contribution in [0.3, 0.4) is 0 Å². The number of urea groups is 1. The maximum atomic E-state index is 13.2. The SMILES string of the molecule is CN(C(=O)c1ccc(C#N)cc1)C(=O)N(Cc1ccccc1)Cc1ccccc1. The maximum Gasteiger partial charge on any atom is 0.327 e. The van der Waals surface area contributed by atoms with E-state index in [0.717, 1.165) is 16.0 Å². The van der Waals surface area contributed by atoms with Gasteiger partial charge in [0.05, 0.1) is 11.6 Å². The van der Waals surface area contributed by atoms with Gasteiger partial charge in [-0.05, 0) is 35.4 Å². The van der Waals surface area contributed by atoms with Crippen LogP contribution in [0.2, 0.25) is 0 Å². The number of nitriles is 1. The van der Waals surface area contributed by atoms with Crippen LogP contribution < -0.4 is 0 Å². The highest BCUT2D eigenvalue weighted by molar-refractivity contribution is 6.04. The van der Waals surface area contributed by atoms with Crippen LogP contribution in [0, 0.1) is 11.3 Å². The molecule has 144 valence electrons. The zero-order valence-electron chi connectivity index (χ0n) is 16.2. The van der Waals surface area contributed by atoms with Crippen LogP contribution in [0.15, 0.2) is 84.9 Å². The number of carbonyl (C=O) groups is 2. The normalized spacial score (nSPS) is 10.1. The lowest BCUT2D eigenvalue weighted by Crippen LogP contribution is -2.43. The largest absolute Gasteiger partial charge is 0.327 e. The van der Waals surface area contributed by atoms with Gasteiger partial charge >= 0.3 is 6.03 Å². The van der Waals surface area contributed by atoms with E-state index >= 15 is 0 Å². The van der Waals surface area contributed by atoms with Gasteiger partial charge in [0.1, 0.15) is 0 Å². The lowest BCUT2D eigenvalue weighted by Gasteiger charge is -2.27. The Morgan fingerprint density at radius 3 is 1.72 bits per heavy atom. The highest BCUT2D eigenvalue weighted by Crippen LogP contribution is 2.14. The van der Waals surface area contributed by atoms with Crippen molar-refractivity contribution in [3.8, 4) is 6.07 Å². The summed E-state index contributed by atoms with van der Waals surface area (Å²) in [6.45, 7) is 0.777. The van der Waals surface area contributed by atoms with Crippen LogP contribution in [-0.4, -0.2) is 28.8 Å². The summed E-state index contributed by atoms with van der Waals surface area (Å²) in [4.78, 5) is 28.7. The van der Waals surface area contributed by atoms with Gasteiger partial charge in [-0.15, -0.1) is 0 Å². The maximum absolute atomic E-state index is 13.2. The van der Waals surface area contributed by atoms with E-state index in [1.165, 1.54) is 7.05 Å². The van der Waals surface area contributed by atoms with Gasteiger partial charge in [-0.2, -0.15) is 5.26 Å². The topological polar surface area (TPSA) is 64.4 Å². The molecule has 0 spiro atoms. The summed E-state index contributed by atoms with van der Waals surface area (Å²) in [7, 11) is 1.48. The Balaban J connectivity index is 1.81. The minimum absolute atomic E-state index is 0.360. The number of hydrogen-bond donors (Lipinski definition) is 0. The van der Waals surface area contributed by atoms with E-state index in [-0.39, 0.29) is 6.03 Å². The van der Waals surface area contributed by atoms with Crippen LogP contribution in [0.1, 0.15) is 27.0 Å². The summed E-state index contributed by atoms with van der Waals surface area (Å²) in [5.41, 5.74) is 2.79. The molecule has 0 aromatic heterocycles. The minimum Gasteiger partial charge on any atom is -0.316 e. The van der Waals surface area contributed by atoms with Gasteiger partial charge in [0.25, 0.3) is 5.91 Å². The number of amides is 3. The first-order chi connectivity index (χ1) is 14.1. The molecule has 0 heterocycles. The fourth-order valence-electron chi connectivity index (χ4n) is 2.98. The van der Waals surface area contributed by atoms with Crippen molar-refractivity contribution in [2.24, 2.45) is 0 Å². The average Bonchev–Trinajstić information content (AvgIpc) is 2.78. The quantitative estimate of drug-likeness (QED) is 0.654. The molecule has 0 radical (unpaired) electrons. The molecule has 0 saturated heterocycles. The number of carbonyl (C=O) groups excluding carboxylic acids is 2. The van der Waals surface area contributed by atoms with E-state index in [1.807, 2.05) is 66.7 Å². The molecule has 3 aromatic rings. The molecule has 0 atom stereocenters. The molecule has 3 rings (SSSR count). The van der Waals surface area contributed by atoms with E-state index in [4.69, 9.17) is 5.26 Å². The second-order valence-corrected chi connectivity index (χ2v) is 6.66. The highest BCUT2D eigenvalue weighted by atomic mass is 16.2. The monoisotopic (exact) mass is 383 g/mol. The molecular formula is C24H21N3O2. The Kier molecular flexibility index (Phi) is 6.39. The molecule has 3 aromatic carbocycles. The van der Waals surface area contributed by atoms with Crippen LogP contribution in [0.4, 0.5) is 4.79 Å². The lowest BCUT2D eigenvalue weighted by molar-refractivity contribution is 0.0788. The van der Waals surface area contributed by atoms with Crippen molar-refractivity contribution in [1.29, 1.82) is 5.26 Å². The first kappa shape index (κ1) is 19.8. The van der Waals surface area contributed by atoms with Crippen molar-refractivity contribution in [3.63, 3.8) is 0 Å². The molecule has 0 bridgehead atoms. The summed E-state index contributed by atoms with van der Waals surface area (Å²) < 4.78 is 0. The van der Waals surface area contributed by atoms with Crippen LogP contribution in [0.25, 0.3) is 0 Å². The molecule has 0 N–H and O–H groups in total. The summed E-state index contributed by atoms with van der Waals surface area (Å²) in [6.07, 6.45) is 0.